The third-order valence-corrected chi connectivity index (χ3v) is 3.41. The lowest BCUT2D eigenvalue weighted by Gasteiger charge is -2.24. The van der Waals surface area contributed by atoms with E-state index < -0.39 is 0 Å². The molecular formula is C14H16ClN3O. The maximum Gasteiger partial charge on any atom is 0.124 e. The van der Waals surface area contributed by atoms with Crippen LogP contribution in [0.4, 0.5) is 0 Å². The zero-order chi connectivity index (χ0) is 14.0. The number of fused-ring (bicyclic) bond motifs is 1. The molecule has 0 aliphatic heterocycles. The minimum atomic E-state index is -0.322. The van der Waals surface area contributed by atoms with Gasteiger partial charge in [0.15, 0.2) is 0 Å². The predicted molar refractivity (Wildman–Crippen MR) is 75.1 cm³/mol. The van der Waals surface area contributed by atoms with Gasteiger partial charge >= 0.3 is 0 Å². The molecule has 0 saturated carbocycles. The number of nitriles is 1. The van der Waals surface area contributed by atoms with E-state index in [1.807, 2.05) is 30.5 Å². The fourth-order valence-electron chi connectivity index (χ4n) is 1.97. The van der Waals surface area contributed by atoms with Crippen molar-refractivity contribution in [3.05, 3.63) is 29.6 Å². The number of halogens is 1. The quantitative estimate of drug-likeness (QED) is 0.807. The Balaban J connectivity index is 2.59. The molecule has 1 aromatic heterocycles. The molecule has 0 N–H and O–H groups in total. The Bertz CT molecular complexity index is 640. The van der Waals surface area contributed by atoms with Gasteiger partial charge in [-0.05, 0) is 32.0 Å². The van der Waals surface area contributed by atoms with E-state index in [9.17, 15) is 0 Å². The summed E-state index contributed by atoms with van der Waals surface area (Å²) in [5, 5.41) is 9.00. The molecule has 0 aliphatic carbocycles. The van der Waals surface area contributed by atoms with Crippen molar-refractivity contribution in [1.29, 1.82) is 5.26 Å². The number of imidazole rings is 1. The van der Waals surface area contributed by atoms with Gasteiger partial charge in [-0.3, -0.25) is 0 Å². The number of hydrogen-bond acceptors (Lipinski definition) is 3. The molecule has 0 amide bonds. The molecule has 0 bridgehead atoms. The normalized spacial score (nSPS) is 11.7. The summed E-state index contributed by atoms with van der Waals surface area (Å²) in [6.45, 7) is 4.65. The Kier molecular flexibility index (Phi) is 3.79. The first-order valence-corrected chi connectivity index (χ1v) is 6.54. The molecule has 0 aliphatic rings. The molecule has 19 heavy (non-hydrogen) atoms. The van der Waals surface area contributed by atoms with Crippen molar-refractivity contribution in [2.75, 3.05) is 7.11 Å². The fourth-order valence-corrected chi connectivity index (χ4v) is 2.17. The summed E-state index contributed by atoms with van der Waals surface area (Å²) in [5.74, 6) is 1.12. The van der Waals surface area contributed by atoms with Crippen molar-refractivity contribution in [2.24, 2.45) is 0 Å². The van der Waals surface area contributed by atoms with Crippen molar-refractivity contribution in [1.82, 2.24) is 9.55 Å². The van der Waals surface area contributed by atoms with Crippen LogP contribution >= 0.6 is 11.6 Å². The molecule has 0 atom stereocenters. The van der Waals surface area contributed by atoms with Gasteiger partial charge in [-0.2, -0.15) is 5.26 Å². The molecule has 0 unspecified atom stereocenters. The van der Waals surface area contributed by atoms with E-state index in [1.54, 1.807) is 13.2 Å². The van der Waals surface area contributed by atoms with Crippen molar-refractivity contribution in [2.45, 2.75) is 31.9 Å². The van der Waals surface area contributed by atoms with E-state index in [1.165, 1.54) is 0 Å². The lowest BCUT2D eigenvalue weighted by atomic mass is 10.1. The minimum Gasteiger partial charge on any atom is -0.377 e. The maximum absolute atomic E-state index is 9.00. The van der Waals surface area contributed by atoms with Crippen LogP contribution in [0.5, 0.6) is 0 Å². The third-order valence-electron chi connectivity index (χ3n) is 3.17. The van der Waals surface area contributed by atoms with Gasteiger partial charge in [0, 0.05) is 7.11 Å². The van der Waals surface area contributed by atoms with E-state index in [0.717, 1.165) is 16.9 Å². The van der Waals surface area contributed by atoms with Crippen molar-refractivity contribution < 1.29 is 4.74 Å². The summed E-state index contributed by atoms with van der Waals surface area (Å²) in [7, 11) is 1.68. The summed E-state index contributed by atoms with van der Waals surface area (Å²) in [4.78, 5) is 4.49. The number of benzene rings is 1. The Morgan fingerprint density at radius 3 is 2.79 bits per heavy atom. The number of ether oxygens (including phenoxy) is 1. The van der Waals surface area contributed by atoms with Gasteiger partial charge in [-0.25, -0.2) is 4.98 Å². The molecule has 4 nitrogen and oxygen atoms in total. The van der Waals surface area contributed by atoms with Crippen LogP contribution in [-0.4, -0.2) is 22.3 Å². The van der Waals surface area contributed by atoms with Crippen LogP contribution < -0.4 is 0 Å². The lowest BCUT2D eigenvalue weighted by Crippen LogP contribution is -2.29. The van der Waals surface area contributed by atoms with E-state index in [0.29, 0.717) is 18.0 Å². The lowest BCUT2D eigenvalue weighted by molar-refractivity contribution is 0.00854. The molecule has 0 fully saturated rings. The first-order valence-electron chi connectivity index (χ1n) is 6.01. The molecule has 1 aromatic carbocycles. The van der Waals surface area contributed by atoms with E-state index in [-0.39, 0.29) is 5.60 Å². The Hall–Kier alpha value is -1.57. The highest BCUT2D eigenvalue weighted by atomic mass is 35.5. The Morgan fingerprint density at radius 2 is 2.21 bits per heavy atom. The third kappa shape index (κ3) is 2.73. The van der Waals surface area contributed by atoms with E-state index in [2.05, 4.69) is 11.1 Å². The van der Waals surface area contributed by atoms with Gasteiger partial charge in [0.05, 0.1) is 40.7 Å². The molecule has 100 valence electrons. The van der Waals surface area contributed by atoms with Crippen LogP contribution in [0.25, 0.3) is 11.0 Å². The Morgan fingerprint density at radius 1 is 1.47 bits per heavy atom. The SMILES string of the molecule is COC(C)(C)Cn1c(CCl)nc2ccc(C#N)cc21. The summed E-state index contributed by atoms with van der Waals surface area (Å²) in [6.07, 6.45) is 0. The highest BCUT2D eigenvalue weighted by Gasteiger charge is 2.21. The van der Waals surface area contributed by atoms with Crippen LogP contribution in [0.15, 0.2) is 18.2 Å². The maximum atomic E-state index is 9.00. The molecule has 5 heteroatoms. The summed E-state index contributed by atoms with van der Waals surface area (Å²) < 4.78 is 7.48. The van der Waals surface area contributed by atoms with E-state index >= 15 is 0 Å². The largest absolute Gasteiger partial charge is 0.377 e. The predicted octanol–water partition coefficient (Wildman–Crippen LogP) is 3.07. The topological polar surface area (TPSA) is 50.8 Å². The summed E-state index contributed by atoms with van der Waals surface area (Å²) >= 11 is 5.96. The van der Waals surface area contributed by atoms with Crippen molar-refractivity contribution in [3.63, 3.8) is 0 Å². The smallest absolute Gasteiger partial charge is 0.124 e. The summed E-state index contributed by atoms with van der Waals surface area (Å²) in [5.41, 5.74) is 2.06. The van der Waals surface area contributed by atoms with Gasteiger partial charge in [0.2, 0.25) is 0 Å². The number of rotatable bonds is 4. The molecular weight excluding hydrogens is 262 g/mol. The van der Waals surface area contributed by atoms with Crippen LogP contribution in [0.2, 0.25) is 0 Å². The average molecular weight is 278 g/mol. The van der Waals surface area contributed by atoms with Gasteiger partial charge in [0.25, 0.3) is 0 Å². The van der Waals surface area contributed by atoms with Crippen LogP contribution in [0.1, 0.15) is 25.2 Å². The van der Waals surface area contributed by atoms with Gasteiger partial charge in [-0.15, -0.1) is 11.6 Å². The van der Waals surface area contributed by atoms with E-state index in [4.69, 9.17) is 21.6 Å². The molecule has 0 saturated heterocycles. The molecule has 1 heterocycles. The fraction of sp³-hybridized carbons (Fsp3) is 0.429. The zero-order valence-corrected chi connectivity index (χ0v) is 12.0. The first kappa shape index (κ1) is 13.9. The number of aromatic nitrogens is 2. The number of methoxy groups -OCH3 is 1. The highest BCUT2D eigenvalue weighted by molar-refractivity contribution is 6.16. The number of alkyl halides is 1. The number of nitrogens with zero attached hydrogens (tertiary/aromatic N) is 3. The van der Waals surface area contributed by atoms with Crippen LogP contribution in [-0.2, 0) is 17.2 Å². The Labute approximate surface area is 117 Å². The second-order valence-electron chi connectivity index (χ2n) is 5.03. The second-order valence-corrected chi connectivity index (χ2v) is 5.29. The standard InChI is InChI=1S/C14H16ClN3O/c1-14(2,19-3)9-18-12-6-10(8-16)4-5-11(12)17-13(18)7-15/h4-6H,7,9H2,1-3H3. The minimum absolute atomic E-state index is 0.322. The van der Waals surface area contributed by atoms with Crippen molar-refractivity contribution in [3.8, 4) is 6.07 Å². The van der Waals surface area contributed by atoms with Gasteiger partial charge in [0.1, 0.15) is 5.82 Å². The van der Waals surface area contributed by atoms with Crippen molar-refractivity contribution >= 4 is 22.6 Å². The molecule has 2 aromatic rings. The molecule has 0 spiro atoms. The second kappa shape index (κ2) is 5.20. The summed E-state index contributed by atoms with van der Waals surface area (Å²) in [6, 6.07) is 7.59. The monoisotopic (exact) mass is 277 g/mol. The molecule has 0 radical (unpaired) electrons. The number of hydrogen-bond donors (Lipinski definition) is 0. The van der Waals surface area contributed by atoms with Gasteiger partial charge in [-0.1, -0.05) is 0 Å². The highest BCUT2D eigenvalue weighted by Crippen LogP contribution is 2.22. The molecule has 2 rings (SSSR count). The zero-order valence-electron chi connectivity index (χ0n) is 11.3. The first-order chi connectivity index (χ1) is 9.00. The average Bonchev–Trinajstić information content (AvgIpc) is 2.75. The van der Waals surface area contributed by atoms with Crippen LogP contribution in [0, 0.1) is 11.3 Å². The van der Waals surface area contributed by atoms with Gasteiger partial charge < -0.3 is 9.30 Å². The van der Waals surface area contributed by atoms with Crippen LogP contribution in [0.3, 0.4) is 0 Å².